The van der Waals surface area contributed by atoms with Crippen LogP contribution in [0.25, 0.3) is 0 Å². The normalized spacial score (nSPS) is 29.4. The van der Waals surface area contributed by atoms with Gasteiger partial charge in [0.2, 0.25) is 0 Å². The smallest absolute Gasteiger partial charge is 0.390 e. The Morgan fingerprint density at radius 2 is 1.58 bits per heavy atom. The van der Waals surface area contributed by atoms with E-state index in [2.05, 4.69) is 0 Å². The number of halogens is 6. The van der Waals surface area contributed by atoms with E-state index in [1.807, 2.05) is 13.8 Å². The fourth-order valence-corrected chi connectivity index (χ4v) is 6.27. The zero-order valence-electron chi connectivity index (χ0n) is 19.7. The summed E-state index contributed by atoms with van der Waals surface area (Å²) in [4.78, 5) is 12.5. The van der Waals surface area contributed by atoms with E-state index in [-0.39, 0.29) is 35.5 Å². The van der Waals surface area contributed by atoms with E-state index in [9.17, 15) is 41.4 Å². The van der Waals surface area contributed by atoms with Crippen LogP contribution in [0.5, 0.6) is 0 Å². The Morgan fingerprint density at radius 3 is 2.09 bits per heavy atom. The van der Waals surface area contributed by atoms with Crippen LogP contribution in [0.3, 0.4) is 0 Å². The van der Waals surface area contributed by atoms with Crippen molar-refractivity contribution in [1.29, 1.82) is 0 Å². The Morgan fingerprint density at radius 1 is 1.00 bits per heavy atom. The molecule has 2 unspecified atom stereocenters. The van der Waals surface area contributed by atoms with Crippen LogP contribution in [0.1, 0.15) is 85.5 Å². The third-order valence-electron chi connectivity index (χ3n) is 8.05. The number of fused-ring (bicyclic) bond motifs is 1. The van der Waals surface area contributed by atoms with Gasteiger partial charge >= 0.3 is 12.4 Å². The van der Waals surface area contributed by atoms with E-state index in [4.69, 9.17) is 0 Å². The zero-order chi connectivity index (χ0) is 25.5. The first-order chi connectivity index (χ1) is 14.8. The minimum atomic E-state index is -5.90. The molecule has 4 atom stereocenters. The Kier molecular flexibility index (Phi) is 7.82. The summed E-state index contributed by atoms with van der Waals surface area (Å²) in [5.41, 5.74) is -6.93. The average Bonchev–Trinajstić information content (AvgIpc) is 2.97. The number of alkyl halides is 6. The van der Waals surface area contributed by atoms with Crippen molar-refractivity contribution < 1.29 is 41.4 Å². The number of rotatable bonds is 8. The lowest BCUT2D eigenvalue weighted by Gasteiger charge is -2.48. The van der Waals surface area contributed by atoms with Crippen LogP contribution in [0, 0.1) is 22.7 Å². The number of hydrogen-bond donors (Lipinski definition) is 2. The van der Waals surface area contributed by atoms with Gasteiger partial charge < -0.3 is 10.2 Å². The summed E-state index contributed by atoms with van der Waals surface area (Å²) in [6, 6.07) is 0. The maximum atomic E-state index is 13.1. The molecular weight excluding hydrogens is 450 g/mol. The second-order valence-corrected chi connectivity index (χ2v) is 11.2. The van der Waals surface area contributed by atoms with Crippen molar-refractivity contribution in [2.24, 2.45) is 22.7 Å². The molecule has 9 heteroatoms. The first-order valence-corrected chi connectivity index (χ1v) is 11.6. The predicted molar refractivity (Wildman–Crippen MR) is 112 cm³/mol. The van der Waals surface area contributed by atoms with Gasteiger partial charge in [0.15, 0.2) is 0 Å². The van der Waals surface area contributed by atoms with E-state index in [1.165, 1.54) is 0 Å². The fourth-order valence-electron chi connectivity index (χ4n) is 6.27. The van der Waals surface area contributed by atoms with Gasteiger partial charge in [0.05, 0.1) is 5.60 Å². The van der Waals surface area contributed by atoms with Crippen molar-refractivity contribution in [2.75, 3.05) is 0 Å². The number of hydrogen-bond acceptors (Lipinski definition) is 3. The zero-order valence-corrected chi connectivity index (χ0v) is 19.7. The lowest BCUT2D eigenvalue weighted by atomic mass is 9.56. The molecule has 33 heavy (non-hydrogen) atoms. The largest absolute Gasteiger partial charge is 0.429 e. The molecule has 2 N–H and O–H groups in total. The molecule has 2 fully saturated rings. The van der Waals surface area contributed by atoms with Crippen molar-refractivity contribution in [3.8, 4) is 0 Å². The summed E-state index contributed by atoms with van der Waals surface area (Å²) < 4.78 is 78.6. The monoisotopic (exact) mass is 486 g/mol. The number of Topliss-reactive ketones (excluding diaryl/α,β-unsaturated/α-hetero) is 1. The Balaban J connectivity index is 2.36. The van der Waals surface area contributed by atoms with E-state index < -0.39 is 29.0 Å². The summed E-state index contributed by atoms with van der Waals surface area (Å²) in [5, 5.41) is 19.6. The first kappa shape index (κ1) is 28.1. The van der Waals surface area contributed by atoms with Gasteiger partial charge in [-0.1, -0.05) is 26.3 Å². The van der Waals surface area contributed by atoms with Crippen molar-refractivity contribution in [1.82, 2.24) is 0 Å². The number of aliphatic hydroxyl groups is 2. The summed E-state index contributed by atoms with van der Waals surface area (Å²) >= 11 is 0. The van der Waals surface area contributed by atoms with Crippen LogP contribution in [-0.2, 0) is 4.79 Å². The van der Waals surface area contributed by atoms with Gasteiger partial charge in [-0.25, -0.2) is 0 Å². The number of ketones is 1. The maximum absolute atomic E-state index is 13.1. The number of allylic oxidation sites excluding steroid dienone is 1. The topological polar surface area (TPSA) is 57.5 Å². The summed E-state index contributed by atoms with van der Waals surface area (Å²) in [6.07, 6.45) is -6.52. The highest BCUT2D eigenvalue weighted by atomic mass is 19.4. The van der Waals surface area contributed by atoms with Crippen LogP contribution in [0.15, 0.2) is 12.2 Å². The van der Waals surface area contributed by atoms with E-state index >= 15 is 0 Å². The van der Waals surface area contributed by atoms with Crippen LogP contribution < -0.4 is 0 Å². The van der Waals surface area contributed by atoms with Gasteiger partial charge in [-0.05, 0) is 81.6 Å². The van der Waals surface area contributed by atoms with Crippen molar-refractivity contribution >= 4 is 5.78 Å². The van der Waals surface area contributed by atoms with E-state index in [1.54, 1.807) is 13.8 Å². The highest BCUT2D eigenvalue weighted by molar-refractivity contribution is 5.83. The molecule has 2 aliphatic carbocycles. The van der Waals surface area contributed by atoms with E-state index in [0.29, 0.717) is 38.5 Å². The lowest BCUT2D eigenvalue weighted by molar-refractivity contribution is -0.347. The molecule has 2 aliphatic rings. The van der Waals surface area contributed by atoms with Gasteiger partial charge in [-0.3, -0.25) is 4.79 Å². The molecule has 0 aliphatic heterocycles. The molecule has 2 saturated carbocycles. The second-order valence-electron chi connectivity index (χ2n) is 11.2. The third kappa shape index (κ3) is 5.77. The fraction of sp³-hybridized carbons (Fsp3) is 0.875. The minimum Gasteiger partial charge on any atom is -0.390 e. The molecular formula is C24H36F6O3. The van der Waals surface area contributed by atoms with Gasteiger partial charge in [0, 0.05) is 12.3 Å². The van der Waals surface area contributed by atoms with Crippen LogP contribution in [0.2, 0.25) is 0 Å². The molecule has 0 saturated heterocycles. The number of carbonyl (C=O) groups is 1. The Labute approximate surface area is 191 Å². The van der Waals surface area contributed by atoms with Gasteiger partial charge in [-0.15, -0.1) is 0 Å². The molecule has 0 amide bonds. The van der Waals surface area contributed by atoms with E-state index in [0.717, 1.165) is 18.9 Å². The standard InChI is InChI=1S/C24H36F6O3/c1-19(2,32)11-6-12-20(3,13-7-15-22(33,23(25,26)27)24(28,29)30)18-10-9-16-17(31)8-5-14-21(16,18)4/h7,15-16,18,32-33H,5-6,8-14H2,1-4H3/b15-7-/t16?,18-,20?,21+/m1/s1. The lowest BCUT2D eigenvalue weighted by Crippen LogP contribution is -2.55. The molecule has 0 bridgehead atoms. The van der Waals surface area contributed by atoms with Crippen LogP contribution in [-0.4, -0.2) is 39.6 Å². The van der Waals surface area contributed by atoms with Crippen molar-refractivity contribution in [3.05, 3.63) is 12.2 Å². The maximum Gasteiger partial charge on any atom is 0.429 e. The van der Waals surface area contributed by atoms with Gasteiger partial charge in [0.25, 0.3) is 5.60 Å². The first-order valence-electron chi connectivity index (χ1n) is 11.6. The Bertz CT molecular complexity index is 722. The highest BCUT2D eigenvalue weighted by Crippen LogP contribution is 2.61. The number of carbonyl (C=O) groups excluding carboxylic acids is 1. The van der Waals surface area contributed by atoms with Gasteiger partial charge in [0.1, 0.15) is 5.78 Å². The van der Waals surface area contributed by atoms with Gasteiger partial charge in [-0.2, -0.15) is 26.3 Å². The molecule has 0 aromatic carbocycles. The quantitative estimate of drug-likeness (QED) is 0.303. The molecule has 2 rings (SSSR count). The summed E-state index contributed by atoms with van der Waals surface area (Å²) in [6.45, 7) is 7.15. The third-order valence-corrected chi connectivity index (χ3v) is 8.05. The molecule has 0 aromatic rings. The summed E-state index contributed by atoms with van der Waals surface area (Å²) in [7, 11) is 0. The highest BCUT2D eigenvalue weighted by Gasteiger charge is 2.69. The molecule has 0 heterocycles. The van der Waals surface area contributed by atoms with Crippen molar-refractivity contribution in [3.63, 3.8) is 0 Å². The van der Waals surface area contributed by atoms with Crippen molar-refractivity contribution in [2.45, 2.75) is 109 Å². The molecule has 192 valence electrons. The SMILES string of the molecule is CC(C)(O)CCCC(C)(C/C=C\C(O)(C(F)(F)F)C(F)(F)F)[C@H]1CCC2C(=O)CCC[C@@]21C. The predicted octanol–water partition coefficient (Wildman–Crippen LogP) is 6.52. The molecule has 0 aromatic heterocycles. The van der Waals surface area contributed by atoms with Crippen LogP contribution >= 0.6 is 0 Å². The second kappa shape index (κ2) is 9.17. The van der Waals surface area contributed by atoms with Crippen LogP contribution in [0.4, 0.5) is 26.3 Å². The molecule has 3 nitrogen and oxygen atoms in total. The molecule has 0 spiro atoms. The average molecular weight is 487 g/mol. The Hall–Kier alpha value is -1.09. The molecule has 0 radical (unpaired) electrons. The summed E-state index contributed by atoms with van der Waals surface area (Å²) in [5.74, 6) is -0.0316. The minimum absolute atomic E-state index is 0.0735.